The van der Waals surface area contributed by atoms with Crippen molar-refractivity contribution in [3.8, 4) is 0 Å². The first-order chi connectivity index (χ1) is 10.1. The maximum Gasteiger partial charge on any atom is 0.131 e. The number of rotatable bonds is 10. The Balaban J connectivity index is 3.05. The van der Waals surface area contributed by atoms with Crippen LogP contribution in [0.25, 0.3) is 0 Å². The minimum Gasteiger partial charge on any atom is -0.395 e. The van der Waals surface area contributed by atoms with Gasteiger partial charge in [0, 0.05) is 25.6 Å². The first kappa shape index (κ1) is 17.6. The van der Waals surface area contributed by atoms with Gasteiger partial charge in [0.25, 0.3) is 0 Å². The number of aliphatic hydroxyl groups excluding tert-OH is 1. The maximum atomic E-state index is 9.24. The Bertz CT molecular complexity index is 434. The minimum absolute atomic E-state index is 0.0988. The van der Waals surface area contributed by atoms with Gasteiger partial charge in [-0.05, 0) is 13.0 Å². The SMILES string of the molecule is C=CCN(CCO)c1cnc(C(C)C)nc1CNCCC. The predicted octanol–water partition coefficient (Wildman–Crippen LogP) is 2.08. The van der Waals surface area contributed by atoms with Gasteiger partial charge in [-0.1, -0.05) is 26.8 Å². The highest BCUT2D eigenvalue weighted by Crippen LogP contribution is 2.20. The van der Waals surface area contributed by atoms with Crippen LogP contribution in [0.5, 0.6) is 0 Å². The summed E-state index contributed by atoms with van der Waals surface area (Å²) in [5.41, 5.74) is 1.95. The van der Waals surface area contributed by atoms with Crippen molar-refractivity contribution in [3.05, 3.63) is 30.4 Å². The van der Waals surface area contributed by atoms with E-state index < -0.39 is 0 Å². The fourth-order valence-electron chi connectivity index (χ4n) is 2.07. The molecule has 0 saturated heterocycles. The molecule has 0 aliphatic heterocycles. The topological polar surface area (TPSA) is 61.3 Å². The van der Waals surface area contributed by atoms with E-state index >= 15 is 0 Å². The molecule has 0 unspecified atom stereocenters. The van der Waals surface area contributed by atoms with Gasteiger partial charge in [-0.15, -0.1) is 6.58 Å². The summed E-state index contributed by atoms with van der Waals surface area (Å²) in [4.78, 5) is 11.2. The van der Waals surface area contributed by atoms with E-state index in [9.17, 15) is 5.11 Å². The Morgan fingerprint density at radius 1 is 1.48 bits per heavy atom. The quantitative estimate of drug-likeness (QED) is 0.511. The molecule has 0 aliphatic rings. The number of hydrogen-bond donors (Lipinski definition) is 2. The summed E-state index contributed by atoms with van der Waals surface area (Å²) in [7, 11) is 0. The van der Waals surface area contributed by atoms with Crippen molar-refractivity contribution in [2.75, 3.05) is 31.1 Å². The summed E-state index contributed by atoms with van der Waals surface area (Å²) in [6, 6.07) is 0. The van der Waals surface area contributed by atoms with Crippen LogP contribution in [0.2, 0.25) is 0 Å². The predicted molar refractivity (Wildman–Crippen MR) is 87.6 cm³/mol. The monoisotopic (exact) mass is 292 g/mol. The third kappa shape index (κ3) is 5.44. The molecule has 1 rings (SSSR count). The highest BCUT2D eigenvalue weighted by atomic mass is 16.3. The van der Waals surface area contributed by atoms with E-state index in [2.05, 4.69) is 42.6 Å². The summed E-state index contributed by atoms with van der Waals surface area (Å²) >= 11 is 0. The second-order valence-corrected chi connectivity index (χ2v) is 5.35. The van der Waals surface area contributed by atoms with Crippen molar-refractivity contribution < 1.29 is 5.11 Å². The molecule has 0 atom stereocenters. The van der Waals surface area contributed by atoms with Gasteiger partial charge in [-0.25, -0.2) is 9.97 Å². The van der Waals surface area contributed by atoms with E-state index in [1.54, 1.807) is 0 Å². The van der Waals surface area contributed by atoms with E-state index in [4.69, 9.17) is 4.98 Å². The molecule has 118 valence electrons. The molecule has 0 aromatic carbocycles. The van der Waals surface area contributed by atoms with Crippen LogP contribution in [0.4, 0.5) is 5.69 Å². The second-order valence-electron chi connectivity index (χ2n) is 5.35. The molecule has 21 heavy (non-hydrogen) atoms. The van der Waals surface area contributed by atoms with Crippen LogP contribution < -0.4 is 10.2 Å². The van der Waals surface area contributed by atoms with Crippen molar-refractivity contribution in [3.63, 3.8) is 0 Å². The molecule has 0 fully saturated rings. The summed E-state index contributed by atoms with van der Waals surface area (Å²) in [6.45, 7) is 13.1. The van der Waals surface area contributed by atoms with Gasteiger partial charge in [-0.2, -0.15) is 0 Å². The summed E-state index contributed by atoms with van der Waals surface area (Å²) in [5, 5.41) is 12.6. The Labute approximate surface area is 128 Å². The zero-order valence-corrected chi connectivity index (χ0v) is 13.5. The summed E-state index contributed by atoms with van der Waals surface area (Å²) < 4.78 is 0. The fraction of sp³-hybridized carbons (Fsp3) is 0.625. The number of nitrogens with zero attached hydrogens (tertiary/aromatic N) is 3. The first-order valence-electron chi connectivity index (χ1n) is 7.67. The molecule has 5 nitrogen and oxygen atoms in total. The van der Waals surface area contributed by atoms with Crippen molar-refractivity contribution in [1.82, 2.24) is 15.3 Å². The Morgan fingerprint density at radius 2 is 2.24 bits per heavy atom. The minimum atomic E-state index is 0.0988. The van der Waals surface area contributed by atoms with Crippen LogP contribution in [0.1, 0.15) is 44.6 Å². The van der Waals surface area contributed by atoms with Crippen LogP contribution in [0.15, 0.2) is 18.9 Å². The van der Waals surface area contributed by atoms with Crippen molar-refractivity contribution in [1.29, 1.82) is 0 Å². The fourth-order valence-corrected chi connectivity index (χ4v) is 2.07. The van der Waals surface area contributed by atoms with Crippen LogP contribution in [0.3, 0.4) is 0 Å². The summed E-state index contributed by atoms with van der Waals surface area (Å²) in [6.07, 6.45) is 4.78. The van der Waals surface area contributed by atoms with Crippen LogP contribution in [-0.4, -0.2) is 41.3 Å². The van der Waals surface area contributed by atoms with Gasteiger partial charge in [0.1, 0.15) is 5.82 Å². The molecular formula is C16H28N4O. The number of hydrogen-bond acceptors (Lipinski definition) is 5. The van der Waals surface area contributed by atoms with E-state index in [0.29, 0.717) is 25.6 Å². The average molecular weight is 292 g/mol. The molecule has 2 N–H and O–H groups in total. The third-order valence-electron chi connectivity index (χ3n) is 3.16. The van der Waals surface area contributed by atoms with Crippen molar-refractivity contribution >= 4 is 5.69 Å². The first-order valence-corrected chi connectivity index (χ1v) is 7.67. The van der Waals surface area contributed by atoms with Crippen molar-refractivity contribution in [2.45, 2.75) is 39.7 Å². The van der Waals surface area contributed by atoms with Gasteiger partial charge in [0.05, 0.1) is 24.2 Å². The second kappa shape index (κ2) is 9.47. The van der Waals surface area contributed by atoms with E-state index in [-0.39, 0.29) is 6.61 Å². The Kier molecular flexibility index (Phi) is 7.93. The van der Waals surface area contributed by atoms with Gasteiger partial charge in [-0.3, -0.25) is 0 Å². The number of nitrogens with one attached hydrogen (secondary N) is 1. The Hall–Kier alpha value is -1.46. The molecule has 0 aliphatic carbocycles. The van der Waals surface area contributed by atoms with Gasteiger partial charge < -0.3 is 15.3 Å². The maximum absolute atomic E-state index is 9.24. The van der Waals surface area contributed by atoms with E-state index in [0.717, 1.165) is 30.2 Å². The standard InChI is InChI=1S/C16H28N4O/c1-5-7-17-11-14-15(20(8-6-2)9-10-21)12-18-16(19-14)13(3)4/h6,12-13,17,21H,2,5,7-11H2,1,3-4H3. The molecule has 0 amide bonds. The smallest absolute Gasteiger partial charge is 0.131 e. The van der Waals surface area contributed by atoms with Gasteiger partial charge in [0.15, 0.2) is 0 Å². The highest BCUT2D eigenvalue weighted by Gasteiger charge is 2.14. The molecule has 0 spiro atoms. The Morgan fingerprint density at radius 3 is 2.81 bits per heavy atom. The van der Waals surface area contributed by atoms with Gasteiger partial charge >= 0.3 is 0 Å². The molecular weight excluding hydrogens is 264 g/mol. The lowest BCUT2D eigenvalue weighted by atomic mass is 10.2. The van der Waals surface area contributed by atoms with Crippen LogP contribution in [-0.2, 0) is 6.54 Å². The van der Waals surface area contributed by atoms with E-state index in [1.807, 2.05) is 12.3 Å². The molecule has 1 aromatic rings. The molecule has 0 radical (unpaired) electrons. The highest BCUT2D eigenvalue weighted by molar-refractivity contribution is 5.49. The lowest BCUT2D eigenvalue weighted by Gasteiger charge is -2.25. The third-order valence-corrected chi connectivity index (χ3v) is 3.16. The molecule has 0 saturated carbocycles. The number of anilines is 1. The zero-order chi connectivity index (χ0) is 15.7. The molecule has 1 heterocycles. The largest absolute Gasteiger partial charge is 0.395 e. The normalized spacial score (nSPS) is 10.9. The lowest BCUT2D eigenvalue weighted by Crippen LogP contribution is -2.29. The number of aliphatic hydroxyl groups is 1. The van der Waals surface area contributed by atoms with Crippen LogP contribution >= 0.6 is 0 Å². The lowest BCUT2D eigenvalue weighted by molar-refractivity contribution is 0.303. The zero-order valence-electron chi connectivity index (χ0n) is 13.5. The molecule has 0 bridgehead atoms. The number of aromatic nitrogens is 2. The molecule has 5 heteroatoms. The van der Waals surface area contributed by atoms with Gasteiger partial charge in [0.2, 0.25) is 0 Å². The molecule has 1 aromatic heterocycles. The van der Waals surface area contributed by atoms with E-state index in [1.165, 1.54) is 0 Å². The van der Waals surface area contributed by atoms with Crippen molar-refractivity contribution in [2.24, 2.45) is 0 Å². The summed E-state index contributed by atoms with van der Waals surface area (Å²) in [5.74, 6) is 1.16. The van der Waals surface area contributed by atoms with Crippen LogP contribution in [0, 0.1) is 0 Å². The average Bonchev–Trinajstić information content (AvgIpc) is 2.47.